The predicted octanol–water partition coefficient (Wildman–Crippen LogP) is 7.57. The number of fused-ring (bicyclic) bond motifs is 3. The minimum Gasteiger partial charge on any atom is -0.318 e. The molecule has 0 radical (unpaired) electrons. The Kier molecular flexibility index (Phi) is 4.45. The van der Waals surface area contributed by atoms with Gasteiger partial charge in [-0.1, -0.05) is 97.1 Å². The quantitative estimate of drug-likeness (QED) is 0.332. The molecule has 2 heterocycles. The Morgan fingerprint density at radius 2 is 1.18 bits per heavy atom. The first kappa shape index (κ1) is 19.9. The molecule has 0 bridgehead atoms. The Balaban J connectivity index is 1.67. The molecule has 33 heavy (non-hydrogen) atoms. The van der Waals surface area contributed by atoms with Gasteiger partial charge in [0.1, 0.15) is 6.17 Å². The van der Waals surface area contributed by atoms with E-state index in [1.54, 1.807) is 0 Å². The SMILES string of the molecule is CC1=C2N(c3ccccc3C2(C)c2ccccc2)C(c2ccccc2)N1c1ccccc1C. The lowest BCUT2D eigenvalue weighted by molar-refractivity contribution is 0.665. The van der Waals surface area contributed by atoms with Crippen molar-refractivity contribution in [2.24, 2.45) is 0 Å². The molecule has 0 spiro atoms. The zero-order valence-electron chi connectivity index (χ0n) is 19.4. The van der Waals surface area contributed by atoms with Crippen LogP contribution in [0.15, 0.2) is 121 Å². The van der Waals surface area contributed by atoms with Gasteiger partial charge in [-0.3, -0.25) is 0 Å². The maximum absolute atomic E-state index is 2.58. The van der Waals surface area contributed by atoms with Crippen LogP contribution in [0.5, 0.6) is 0 Å². The number of rotatable bonds is 3. The molecule has 4 aromatic carbocycles. The van der Waals surface area contributed by atoms with Crippen molar-refractivity contribution in [1.82, 2.24) is 0 Å². The summed E-state index contributed by atoms with van der Waals surface area (Å²) >= 11 is 0. The van der Waals surface area contributed by atoms with E-state index in [1.165, 1.54) is 45.0 Å². The average Bonchev–Trinajstić information content (AvgIpc) is 3.32. The van der Waals surface area contributed by atoms with E-state index in [1.807, 2.05) is 0 Å². The van der Waals surface area contributed by atoms with E-state index in [0.29, 0.717) is 0 Å². The lowest BCUT2D eigenvalue weighted by atomic mass is 9.75. The van der Waals surface area contributed by atoms with E-state index in [-0.39, 0.29) is 11.6 Å². The largest absolute Gasteiger partial charge is 0.318 e. The molecule has 6 rings (SSSR count). The smallest absolute Gasteiger partial charge is 0.136 e. The van der Waals surface area contributed by atoms with Crippen LogP contribution in [0, 0.1) is 6.92 Å². The molecule has 0 aliphatic carbocycles. The van der Waals surface area contributed by atoms with Crippen molar-refractivity contribution < 1.29 is 0 Å². The van der Waals surface area contributed by atoms with Crippen LogP contribution >= 0.6 is 0 Å². The van der Waals surface area contributed by atoms with E-state index >= 15 is 0 Å². The second-order valence-electron chi connectivity index (χ2n) is 9.25. The standard InChI is InChI=1S/C31H28N2/c1-22-14-10-12-20-27(22)32-23(2)29-31(3,25-17-8-5-9-18-25)26-19-11-13-21-28(26)33(29)30(32)24-15-6-4-7-16-24/h4-21,30H,1-3H3. The summed E-state index contributed by atoms with van der Waals surface area (Å²) in [6, 6.07) is 39.6. The van der Waals surface area contributed by atoms with Gasteiger partial charge < -0.3 is 9.80 Å². The third-order valence-corrected chi connectivity index (χ3v) is 7.43. The van der Waals surface area contributed by atoms with Gasteiger partial charge in [-0.2, -0.15) is 0 Å². The van der Waals surface area contributed by atoms with Gasteiger partial charge in [0.2, 0.25) is 0 Å². The van der Waals surface area contributed by atoms with Crippen LogP contribution in [-0.2, 0) is 5.41 Å². The summed E-state index contributed by atoms with van der Waals surface area (Å²) < 4.78 is 0. The zero-order valence-corrected chi connectivity index (χ0v) is 19.4. The molecule has 0 saturated heterocycles. The highest BCUT2D eigenvalue weighted by Gasteiger charge is 2.54. The van der Waals surface area contributed by atoms with Crippen molar-refractivity contribution in [3.8, 4) is 0 Å². The Morgan fingerprint density at radius 1 is 0.606 bits per heavy atom. The van der Waals surface area contributed by atoms with E-state index in [0.717, 1.165) is 0 Å². The topological polar surface area (TPSA) is 6.48 Å². The van der Waals surface area contributed by atoms with Gasteiger partial charge in [0.25, 0.3) is 0 Å². The van der Waals surface area contributed by atoms with Crippen LogP contribution in [0.3, 0.4) is 0 Å². The Bertz CT molecular complexity index is 1360. The molecule has 2 aliphatic rings. The summed E-state index contributed by atoms with van der Waals surface area (Å²) in [5, 5.41) is 0. The monoisotopic (exact) mass is 428 g/mol. The van der Waals surface area contributed by atoms with E-state index < -0.39 is 0 Å². The number of hydrogen-bond donors (Lipinski definition) is 0. The number of hydrogen-bond acceptors (Lipinski definition) is 2. The normalized spacial score (nSPS) is 21.4. The minimum atomic E-state index is -0.230. The second kappa shape index (κ2) is 7.38. The molecule has 4 aromatic rings. The summed E-state index contributed by atoms with van der Waals surface area (Å²) in [5.41, 5.74) is 10.3. The fourth-order valence-electron chi connectivity index (χ4n) is 5.93. The molecule has 2 atom stereocenters. The van der Waals surface area contributed by atoms with Crippen molar-refractivity contribution in [1.29, 1.82) is 0 Å². The molecular weight excluding hydrogens is 400 g/mol. The Morgan fingerprint density at radius 3 is 1.88 bits per heavy atom. The van der Waals surface area contributed by atoms with Gasteiger partial charge in [-0.25, -0.2) is 0 Å². The molecule has 0 fully saturated rings. The van der Waals surface area contributed by atoms with Gasteiger partial charge in [0, 0.05) is 17.1 Å². The van der Waals surface area contributed by atoms with E-state index in [2.05, 4.69) is 140 Å². The molecule has 0 N–H and O–H groups in total. The summed E-state index contributed by atoms with van der Waals surface area (Å²) in [4.78, 5) is 5.12. The first-order chi connectivity index (χ1) is 16.1. The molecule has 0 saturated carbocycles. The fourth-order valence-corrected chi connectivity index (χ4v) is 5.93. The van der Waals surface area contributed by atoms with Crippen molar-refractivity contribution in [2.75, 3.05) is 9.80 Å². The van der Waals surface area contributed by atoms with Gasteiger partial charge in [-0.15, -0.1) is 0 Å². The minimum absolute atomic E-state index is 0.0639. The molecule has 2 unspecified atom stereocenters. The summed E-state index contributed by atoms with van der Waals surface area (Å²) in [6.45, 7) is 6.90. The molecule has 162 valence electrons. The van der Waals surface area contributed by atoms with Gasteiger partial charge >= 0.3 is 0 Å². The lowest BCUT2D eigenvalue weighted by Crippen LogP contribution is -2.33. The number of allylic oxidation sites excluding steroid dienone is 2. The molecule has 0 amide bonds. The number of benzene rings is 4. The number of nitrogens with zero attached hydrogens (tertiary/aromatic N) is 2. The van der Waals surface area contributed by atoms with Crippen LogP contribution in [0.4, 0.5) is 11.4 Å². The fraction of sp³-hybridized carbons (Fsp3) is 0.161. The zero-order chi connectivity index (χ0) is 22.6. The maximum atomic E-state index is 2.58. The Labute approximate surface area is 196 Å². The van der Waals surface area contributed by atoms with Gasteiger partial charge in [0.05, 0.1) is 11.1 Å². The highest BCUT2D eigenvalue weighted by Crippen LogP contribution is 2.60. The highest BCUT2D eigenvalue weighted by atomic mass is 15.4. The van der Waals surface area contributed by atoms with Gasteiger partial charge in [-0.05, 0) is 55.2 Å². The van der Waals surface area contributed by atoms with E-state index in [9.17, 15) is 0 Å². The second-order valence-corrected chi connectivity index (χ2v) is 9.25. The predicted molar refractivity (Wildman–Crippen MR) is 137 cm³/mol. The highest BCUT2D eigenvalue weighted by molar-refractivity contribution is 5.81. The number of aryl methyl sites for hydroxylation is 1. The van der Waals surface area contributed by atoms with Crippen molar-refractivity contribution in [3.63, 3.8) is 0 Å². The molecule has 2 nitrogen and oxygen atoms in total. The molecular formula is C31H28N2. The lowest BCUT2D eigenvalue weighted by Gasteiger charge is -2.35. The van der Waals surface area contributed by atoms with Crippen molar-refractivity contribution in [3.05, 3.63) is 143 Å². The van der Waals surface area contributed by atoms with Crippen molar-refractivity contribution in [2.45, 2.75) is 32.4 Å². The summed E-state index contributed by atoms with van der Waals surface area (Å²) in [5.74, 6) is 0. The van der Waals surface area contributed by atoms with Crippen molar-refractivity contribution >= 4 is 11.4 Å². The third-order valence-electron chi connectivity index (χ3n) is 7.43. The average molecular weight is 429 g/mol. The first-order valence-corrected chi connectivity index (χ1v) is 11.7. The van der Waals surface area contributed by atoms with Gasteiger partial charge in [0.15, 0.2) is 0 Å². The molecule has 2 heteroatoms. The molecule has 0 aromatic heterocycles. The van der Waals surface area contributed by atoms with Crippen LogP contribution in [0.1, 0.15) is 42.3 Å². The maximum Gasteiger partial charge on any atom is 0.136 e. The third kappa shape index (κ3) is 2.74. The first-order valence-electron chi connectivity index (χ1n) is 11.7. The summed E-state index contributed by atoms with van der Waals surface area (Å²) in [6.07, 6.45) is 0.0639. The van der Waals surface area contributed by atoms with Crippen LogP contribution in [0.2, 0.25) is 0 Å². The number of para-hydroxylation sites is 2. The van der Waals surface area contributed by atoms with Crippen LogP contribution in [0.25, 0.3) is 0 Å². The molecule has 2 aliphatic heterocycles. The van der Waals surface area contributed by atoms with Crippen LogP contribution < -0.4 is 9.80 Å². The van der Waals surface area contributed by atoms with E-state index in [4.69, 9.17) is 0 Å². The Hall–Kier alpha value is -3.78. The van der Waals surface area contributed by atoms with Crippen LogP contribution in [-0.4, -0.2) is 0 Å². The summed E-state index contributed by atoms with van der Waals surface area (Å²) in [7, 11) is 0. The number of anilines is 2.